The van der Waals surface area contributed by atoms with E-state index in [9.17, 15) is 19.5 Å². The highest BCUT2D eigenvalue weighted by Crippen LogP contribution is 2.45. The largest absolute Gasteiger partial charge is 0.508 e. The number of aromatic carboxylic acids is 1. The highest BCUT2D eigenvalue weighted by atomic mass is 16.5. The lowest BCUT2D eigenvalue weighted by atomic mass is 10.0. The van der Waals surface area contributed by atoms with Crippen LogP contribution >= 0.6 is 0 Å². The molecule has 3 aromatic carbocycles. The summed E-state index contributed by atoms with van der Waals surface area (Å²) in [5.41, 5.74) is 2.06. The van der Waals surface area contributed by atoms with Crippen LogP contribution in [0.3, 0.4) is 0 Å². The maximum absolute atomic E-state index is 13.5. The van der Waals surface area contributed by atoms with Crippen LogP contribution in [0.4, 0.5) is 10.5 Å². The second kappa shape index (κ2) is 10.8. The van der Waals surface area contributed by atoms with Crippen molar-refractivity contribution in [1.82, 2.24) is 10.2 Å². The number of nitrogens with one attached hydrogen (secondary N) is 2. The molecule has 0 spiro atoms. The number of benzene rings is 3. The van der Waals surface area contributed by atoms with Gasteiger partial charge in [-0.1, -0.05) is 30.3 Å². The van der Waals surface area contributed by atoms with Gasteiger partial charge in [-0.15, -0.1) is 0 Å². The predicted octanol–water partition coefficient (Wildman–Crippen LogP) is 4.33. The van der Waals surface area contributed by atoms with E-state index in [2.05, 4.69) is 10.6 Å². The number of carbonyl (C=O) groups is 3. The lowest BCUT2D eigenvalue weighted by molar-refractivity contribution is -0.133. The zero-order valence-electron chi connectivity index (χ0n) is 19.7. The third-order valence-electron chi connectivity index (χ3n) is 6.17. The van der Waals surface area contributed by atoms with E-state index in [-0.39, 0.29) is 35.8 Å². The molecule has 9 heteroatoms. The van der Waals surface area contributed by atoms with Crippen molar-refractivity contribution in [3.63, 3.8) is 0 Å². The van der Waals surface area contributed by atoms with Crippen LogP contribution < -0.4 is 15.4 Å². The number of nitrogens with zero attached hydrogens (tertiary/aromatic N) is 1. The maximum atomic E-state index is 13.5. The van der Waals surface area contributed by atoms with Crippen LogP contribution in [-0.2, 0) is 4.79 Å². The molecule has 2 unspecified atom stereocenters. The van der Waals surface area contributed by atoms with E-state index in [4.69, 9.17) is 9.84 Å². The molecular formula is C27H27N3O6. The number of likely N-dealkylation sites (tertiary alicyclic amines) is 1. The van der Waals surface area contributed by atoms with Crippen LogP contribution in [-0.4, -0.2) is 46.7 Å². The molecule has 9 nitrogen and oxygen atoms in total. The summed E-state index contributed by atoms with van der Waals surface area (Å²) < 4.78 is 5.36. The Morgan fingerprint density at radius 1 is 0.944 bits per heavy atom. The second-order valence-corrected chi connectivity index (χ2v) is 8.48. The van der Waals surface area contributed by atoms with Crippen molar-refractivity contribution in [2.24, 2.45) is 0 Å². The number of anilines is 1. The zero-order valence-corrected chi connectivity index (χ0v) is 19.7. The number of hydrogen-bond donors (Lipinski definition) is 4. The first-order valence-corrected chi connectivity index (χ1v) is 11.5. The fraction of sp³-hybridized carbons (Fsp3) is 0.222. The molecule has 1 aliphatic rings. The molecule has 3 aromatic rings. The summed E-state index contributed by atoms with van der Waals surface area (Å²) in [5, 5.41) is 24.3. The number of phenols is 1. The molecule has 1 aliphatic heterocycles. The van der Waals surface area contributed by atoms with Gasteiger partial charge in [-0.2, -0.15) is 0 Å². The summed E-state index contributed by atoms with van der Waals surface area (Å²) in [6.45, 7) is -0.264. The maximum Gasteiger partial charge on any atom is 0.335 e. The molecule has 3 amide bonds. The molecule has 0 radical (unpaired) electrons. The fourth-order valence-electron chi connectivity index (χ4n) is 4.55. The number of carbonyl (C=O) groups excluding carboxylic acids is 2. The number of aromatic hydroxyl groups is 1. The van der Waals surface area contributed by atoms with Gasteiger partial charge in [-0.05, 0) is 66.4 Å². The molecule has 4 N–H and O–H groups in total. The van der Waals surface area contributed by atoms with Crippen LogP contribution in [0.15, 0.2) is 72.8 Å². The van der Waals surface area contributed by atoms with Gasteiger partial charge < -0.3 is 30.5 Å². The molecule has 0 aliphatic carbocycles. The summed E-state index contributed by atoms with van der Waals surface area (Å²) in [6, 6.07) is 19.1. The van der Waals surface area contributed by atoms with Gasteiger partial charge in [0.15, 0.2) is 0 Å². The van der Waals surface area contributed by atoms with Crippen LogP contribution in [0, 0.1) is 0 Å². The SMILES string of the molecule is COc1cccc(C2CCC(c3cccc(O)c3)N2C(=O)CNC(=O)Nc2cccc(C(=O)O)c2)c1. The van der Waals surface area contributed by atoms with E-state index in [0.29, 0.717) is 24.3 Å². The molecule has 0 aromatic heterocycles. The van der Waals surface area contributed by atoms with E-state index >= 15 is 0 Å². The van der Waals surface area contributed by atoms with Gasteiger partial charge in [0.25, 0.3) is 0 Å². The number of methoxy groups -OCH3 is 1. The van der Waals surface area contributed by atoms with Crippen molar-refractivity contribution in [3.05, 3.63) is 89.5 Å². The molecule has 1 heterocycles. The van der Waals surface area contributed by atoms with Crippen molar-refractivity contribution in [2.75, 3.05) is 19.0 Å². The fourth-order valence-corrected chi connectivity index (χ4v) is 4.55. The van der Waals surface area contributed by atoms with Crippen LogP contribution in [0.1, 0.15) is 46.4 Å². The first-order valence-electron chi connectivity index (χ1n) is 11.5. The van der Waals surface area contributed by atoms with Gasteiger partial charge in [0.05, 0.1) is 31.3 Å². The standard InChI is InChI=1S/C27H27N3O6/c1-36-22-10-4-6-18(15-22)24-12-11-23(17-5-3-9-21(31)14-17)30(24)25(32)16-28-27(35)29-20-8-2-7-19(13-20)26(33)34/h2-10,13-15,23-24,31H,11-12,16H2,1H3,(H,33,34)(H2,28,29,35). The lowest BCUT2D eigenvalue weighted by Gasteiger charge is -2.31. The molecule has 0 saturated carbocycles. The third-order valence-corrected chi connectivity index (χ3v) is 6.17. The Balaban J connectivity index is 1.52. The minimum atomic E-state index is -1.11. The van der Waals surface area contributed by atoms with Crippen LogP contribution in [0.5, 0.6) is 11.5 Å². The highest BCUT2D eigenvalue weighted by molar-refractivity contribution is 5.94. The van der Waals surface area contributed by atoms with Crippen LogP contribution in [0.25, 0.3) is 0 Å². The van der Waals surface area contributed by atoms with E-state index in [1.54, 1.807) is 36.3 Å². The number of urea groups is 1. The molecule has 36 heavy (non-hydrogen) atoms. The van der Waals surface area contributed by atoms with Gasteiger partial charge in [0.2, 0.25) is 5.91 Å². The number of amides is 3. The number of carboxylic acid groups (broad SMARTS) is 1. The number of carboxylic acids is 1. The van der Waals surface area contributed by atoms with Gasteiger partial charge in [-0.25, -0.2) is 9.59 Å². The summed E-state index contributed by atoms with van der Waals surface area (Å²) in [5.74, 6) is -0.597. The van der Waals surface area contributed by atoms with E-state index in [0.717, 1.165) is 11.1 Å². The molecule has 2 atom stereocenters. The topological polar surface area (TPSA) is 128 Å². The monoisotopic (exact) mass is 489 g/mol. The van der Waals surface area contributed by atoms with Gasteiger partial charge in [0, 0.05) is 5.69 Å². The Hall–Kier alpha value is -4.53. The van der Waals surface area contributed by atoms with Crippen molar-refractivity contribution >= 4 is 23.6 Å². The number of phenolic OH excluding ortho intramolecular Hbond substituents is 1. The molecule has 1 fully saturated rings. The minimum absolute atomic E-state index is 0.0380. The molecular weight excluding hydrogens is 462 g/mol. The predicted molar refractivity (Wildman–Crippen MR) is 133 cm³/mol. The second-order valence-electron chi connectivity index (χ2n) is 8.48. The van der Waals surface area contributed by atoms with Crippen molar-refractivity contribution in [1.29, 1.82) is 0 Å². The summed E-state index contributed by atoms with van der Waals surface area (Å²) >= 11 is 0. The van der Waals surface area contributed by atoms with Crippen molar-refractivity contribution in [3.8, 4) is 11.5 Å². The molecule has 1 saturated heterocycles. The zero-order chi connectivity index (χ0) is 25.7. The van der Waals surface area contributed by atoms with Gasteiger partial charge in [0.1, 0.15) is 11.5 Å². The molecule has 0 bridgehead atoms. The average molecular weight is 490 g/mol. The Morgan fingerprint density at radius 2 is 1.61 bits per heavy atom. The Bertz CT molecular complexity index is 1280. The summed E-state index contributed by atoms with van der Waals surface area (Å²) in [6.07, 6.45) is 1.39. The number of hydrogen-bond acceptors (Lipinski definition) is 5. The molecule has 4 rings (SSSR count). The van der Waals surface area contributed by atoms with Crippen molar-refractivity contribution < 1.29 is 29.3 Å². The highest BCUT2D eigenvalue weighted by Gasteiger charge is 2.38. The summed E-state index contributed by atoms with van der Waals surface area (Å²) in [7, 11) is 1.58. The van der Waals surface area contributed by atoms with E-state index < -0.39 is 12.0 Å². The third kappa shape index (κ3) is 5.57. The first-order chi connectivity index (χ1) is 17.4. The van der Waals surface area contributed by atoms with E-state index in [1.807, 2.05) is 30.3 Å². The van der Waals surface area contributed by atoms with Crippen molar-refractivity contribution in [2.45, 2.75) is 24.9 Å². The average Bonchev–Trinajstić information content (AvgIpc) is 3.33. The van der Waals surface area contributed by atoms with E-state index in [1.165, 1.54) is 18.2 Å². The van der Waals surface area contributed by atoms with Crippen LogP contribution in [0.2, 0.25) is 0 Å². The van der Waals surface area contributed by atoms with Gasteiger partial charge in [-0.3, -0.25) is 4.79 Å². The smallest absolute Gasteiger partial charge is 0.335 e. The number of rotatable bonds is 7. The summed E-state index contributed by atoms with van der Waals surface area (Å²) in [4.78, 5) is 38.8. The van der Waals surface area contributed by atoms with Gasteiger partial charge >= 0.3 is 12.0 Å². The quantitative estimate of drug-likeness (QED) is 0.391. The molecule has 186 valence electrons. The first kappa shape index (κ1) is 24.6. The normalized spacial score (nSPS) is 16.9. The Morgan fingerprint density at radius 3 is 2.28 bits per heavy atom. The Kier molecular flexibility index (Phi) is 7.39. The lowest BCUT2D eigenvalue weighted by Crippen LogP contribution is -2.42. The number of ether oxygens (including phenoxy) is 1. The minimum Gasteiger partial charge on any atom is -0.508 e. The Labute approximate surface area is 208 Å².